The minimum absolute atomic E-state index is 0.359. The van der Waals surface area contributed by atoms with E-state index in [2.05, 4.69) is 13.2 Å². The van der Waals surface area contributed by atoms with E-state index >= 15 is 0 Å². The summed E-state index contributed by atoms with van der Waals surface area (Å²) in [6.07, 6.45) is 1.47. The van der Waals surface area contributed by atoms with Gasteiger partial charge in [-0.2, -0.15) is 0 Å². The molecule has 6 heteroatoms. The van der Waals surface area contributed by atoms with Gasteiger partial charge in [0.2, 0.25) is 0 Å². The van der Waals surface area contributed by atoms with Gasteiger partial charge in [0, 0.05) is 26.4 Å². The Kier molecular flexibility index (Phi) is 8.56. The summed E-state index contributed by atoms with van der Waals surface area (Å²) in [6.45, 7) is 9.59. The molecule has 0 aromatic rings. The summed E-state index contributed by atoms with van der Waals surface area (Å²) in [5, 5.41) is 0. The zero-order valence-corrected chi connectivity index (χ0v) is 12.4. The van der Waals surface area contributed by atoms with E-state index < -0.39 is 8.80 Å². The van der Waals surface area contributed by atoms with Crippen molar-refractivity contribution in [3.63, 3.8) is 0 Å². The van der Waals surface area contributed by atoms with E-state index in [4.69, 9.17) is 18.0 Å². The lowest BCUT2D eigenvalue weighted by Crippen LogP contribution is -2.42. The fourth-order valence-corrected chi connectivity index (χ4v) is 2.42. The number of hydrogen-bond acceptors (Lipinski definition) is 5. The van der Waals surface area contributed by atoms with Gasteiger partial charge in [-0.3, -0.25) is 0 Å². The number of rotatable bonds is 10. The van der Waals surface area contributed by atoms with E-state index in [1.165, 1.54) is 14.2 Å². The molecule has 5 nitrogen and oxygen atoms in total. The number of unbranched alkanes of at least 4 members (excludes halogenated alkanes) is 1. The molecule has 0 amide bonds. The van der Waals surface area contributed by atoms with Gasteiger partial charge in [0.25, 0.3) is 0 Å². The van der Waals surface area contributed by atoms with Gasteiger partial charge in [-0.1, -0.05) is 13.2 Å². The van der Waals surface area contributed by atoms with Gasteiger partial charge in [0.15, 0.2) is 0 Å². The number of ether oxygens (including phenoxy) is 1. The molecule has 0 aliphatic heterocycles. The lowest BCUT2D eigenvalue weighted by Gasteiger charge is -2.22. The largest absolute Gasteiger partial charge is 0.528 e. The van der Waals surface area contributed by atoms with Crippen LogP contribution in [0.3, 0.4) is 0 Å². The molecule has 0 unspecified atom stereocenters. The summed E-state index contributed by atoms with van der Waals surface area (Å²) >= 11 is 0. The summed E-state index contributed by atoms with van der Waals surface area (Å²) < 4.78 is 20.9. The molecular formula is C12H22O5Si. The number of carbonyl (C=O) groups excluding carboxylic acids is 1. The molecule has 0 aliphatic rings. The Morgan fingerprint density at radius 3 is 2.22 bits per heavy atom. The molecule has 0 rings (SSSR count). The maximum absolute atomic E-state index is 11.1. The third kappa shape index (κ3) is 6.11. The Bertz CT molecular complexity index is 286. The maximum Gasteiger partial charge on any atom is 0.528 e. The van der Waals surface area contributed by atoms with Crippen molar-refractivity contribution < 1.29 is 22.8 Å². The van der Waals surface area contributed by atoms with Gasteiger partial charge < -0.3 is 18.0 Å². The number of esters is 1. The molecule has 0 atom stereocenters. The molecule has 104 valence electrons. The van der Waals surface area contributed by atoms with Gasteiger partial charge in [0.1, 0.15) is 0 Å². The molecule has 0 saturated carbocycles. The Morgan fingerprint density at radius 1 is 1.22 bits per heavy atom. The SMILES string of the molecule is C=C[Si](OC)(OC)OCCCCOC(=O)C(=C)C. The van der Waals surface area contributed by atoms with Gasteiger partial charge in [-0.25, -0.2) is 4.79 Å². The van der Waals surface area contributed by atoms with Crippen molar-refractivity contribution in [2.75, 3.05) is 27.4 Å². The highest BCUT2D eigenvalue weighted by atomic mass is 28.4. The van der Waals surface area contributed by atoms with Crippen LogP contribution in [0.4, 0.5) is 0 Å². The highest BCUT2D eigenvalue weighted by Gasteiger charge is 2.34. The van der Waals surface area contributed by atoms with Crippen LogP contribution in [0, 0.1) is 0 Å². The topological polar surface area (TPSA) is 54.0 Å². The Labute approximate surface area is 110 Å². The van der Waals surface area contributed by atoms with Crippen LogP contribution in [0.15, 0.2) is 24.4 Å². The van der Waals surface area contributed by atoms with Crippen molar-refractivity contribution in [3.8, 4) is 0 Å². The molecule has 0 N–H and O–H groups in total. The van der Waals surface area contributed by atoms with Crippen LogP contribution in [-0.4, -0.2) is 42.2 Å². The molecule has 0 heterocycles. The van der Waals surface area contributed by atoms with Crippen LogP contribution in [0.2, 0.25) is 0 Å². The van der Waals surface area contributed by atoms with Gasteiger partial charge in [-0.05, 0) is 25.5 Å². The Hall–Kier alpha value is -0.953. The van der Waals surface area contributed by atoms with Crippen LogP contribution in [-0.2, 0) is 22.8 Å². The highest BCUT2D eigenvalue weighted by molar-refractivity contribution is 6.66. The van der Waals surface area contributed by atoms with Crippen molar-refractivity contribution in [1.82, 2.24) is 0 Å². The van der Waals surface area contributed by atoms with Crippen molar-refractivity contribution in [3.05, 3.63) is 24.4 Å². The molecule has 0 saturated heterocycles. The minimum atomic E-state index is -2.68. The standard InChI is InChI=1S/C12H22O5Si/c1-6-18(14-4,15-5)17-10-8-7-9-16-12(13)11(2)3/h6H,1-2,7-10H2,3-5H3. The van der Waals surface area contributed by atoms with E-state index in [9.17, 15) is 4.79 Å². The molecule has 0 aromatic carbocycles. The quantitative estimate of drug-likeness (QED) is 0.263. The summed E-state index contributed by atoms with van der Waals surface area (Å²) in [5.74, 6) is -0.362. The average Bonchev–Trinajstić information content (AvgIpc) is 2.38. The van der Waals surface area contributed by atoms with Crippen molar-refractivity contribution >= 4 is 14.8 Å². The summed E-state index contributed by atoms with van der Waals surface area (Å²) in [7, 11) is 0.392. The fraction of sp³-hybridized carbons (Fsp3) is 0.583. The van der Waals surface area contributed by atoms with Crippen LogP contribution < -0.4 is 0 Å². The zero-order valence-electron chi connectivity index (χ0n) is 11.4. The first-order valence-corrected chi connectivity index (χ1v) is 7.52. The summed E-state index contributed by atoms with van der Waals surface area (Å²) in [4.78, 5) is 11.1. The van der Waals surface area contributed by atoms with E-state index in [0.29, 0.717) is 25.2 Å². The first-order chi connectivity index (χ1) is 8.51. The summed E-state index contributed by atoms with van der Waals surface area (Å²) in [6, 6.07) is 0. The second-order valence-corrected chi connectivity index (χ2v) is 6.41. The molecule has 0 aromatic heterocycles. The van der Waals surface area contributed by atoms with Crippen molar-refractivity contribution in [2.24, 2.45) is 0 Å². The van der Waals surface area contributed by atoms with E-state index in [1.54, 1.807) is 12.6 Å². The summed E-state index contributed by atoms with van der Waals surface area (Å²) in [5.41, 5.74) is 1.98. The van der Waals surface area contributed by atoms with Crippen LogP contribution in [0.25, 0.3) is 0 Å². The van der Waals surface area contributed by atoms with Gasteiger partial charge in [-0.15, -0.1) is 0 Å². The van der Waals surface area contributed by atoms with Crippen molar-refractivity contribution in [1.29, 1.82) is 0 Å². The monoisotopic (exact) mass is 274 g/mol. The third-order valence-corrected chi connectivity index (χ3v) is 4.49. The van der Waals surface area contributed by atoms with Crippen LogP contribution in [0.1, 0.15) is 19.8 Å². The lowest BCUT2D eigenvalue weighted by atomic mass is 10.3. The number of carbonyl (C=O) groups is 1. The van der Waals surface area contributed by atoms with Gasteiger partial charge in [0.05, 0.1) is 6.61 Å². The highest BCUT2D eigenvalue weighted by Crippen LogP contribution is 2.09. The average molecular weight is 274 g/mol. The van der Waals surface area contributed by atoms with Gasteiger partial charge >= 0.3 is 14.8 Å². The van der Waals surface area contributed by atoms with E-state index in [0.717, 1.165) is 6.42 Å². The predicted molar refractivity (Wildman–Crippen MR) is 70.9 cm³/mol. The van der Waals surface area contributed by atoms with Crippen molar-refractivity contribution in [2.45, 2.75) is 19.8 Å². The predicted octanol–water partition coefficient (Wildman–Crippen LogP) is 1.86. The smallest absolute Gasteiger partial charge is 0.462 e. The molecule has 0 aliphatic carbocycles. The Balaban J connectivity index is 3.71. The Morgan fingerprint density at radius 2 is 1.78 bits per heavy atom. The second-order valence-electron chi connectivity index (χ2n) is 3.69. The van der Waals surface area contributed by atoms with E-state index in [-0.39, 0.29) is 5.97 Å². The maximum atomic E-state index is 11.1. The fourth-order valence-electron chi connectivity index (χ4n) is 1.13. The normalized spacial score (nSPS) is 11.1. The minimum Gasteiger partial charge on any atom is -0.462 e. The first-order valence-electron chi connectivity index (χ1n) is 5.71. The van der Waals surface area contributed by atoms with Crippen LogP contribution >= 0.6 is 0 Å². The lowest BCUT2D eigenvalue weighted by molar-refractivity contribution is -0.139. The molecule has 0 bridgehead atoms. The second kappa shape index (κ2) is 9.04. The van der Waals surface area contributed by atoms with E-state index in [1.807, 2.05) is 0 Å². The molecular weight excluding hydrogens is 252 g/mol. The van der Waals surface area contributed by atoms with Crippen LogP contribution in [0.5, 0.6) is 0 Å². The molecule has 0 fully saturated rings. The molecule has 18 heavy (non-hydrogen) atoms. The molecule has 0 radical (unpaired) electrons. The zero-order chi connectivity index (χ0) is 14.0. The number of hydrogen-bond donors (Lipinski definition) is 0. The molecule has 0 spiro atoms. The third-order valence-electron chi connectivity index (χ3n) is 2.24. The first kappa shape index (κ1) is 17.0.